The summed E-state index contributed by atoms with van der Waals surface area (Å²) in [5, 5.41) is 11.7. The van der Waals surface area contributed by atoms with Crippen molar-refractivity contribution in [2.24, 2.45) is 5.92 Å². The van der Waals surface area contributed by atoms with Gasteiger partial charge in [0.2, 0.25) is 0 Å². The number of nitrogens with one attached hydrogen (secondary N) is 1. The van der Waals surface area contributed by atoms with Crippen molar-refractivity contribution >= 4 is 21.8 Å². The van der Waals surface area contributed by atoms with Gasteiger partial charge in [0, 0.05) is 18.6 Å². The topological polar surface area (TPSA) is 104 Å². The molecule has 0 aromatic carbocycles. The minimum Gasteiger partial charge on any atom is -0.481 e. The van der Waals surface area contributed by atoms with E-state index in [0.717, 1.165) is 0 Å². The number of sulfone groups is 1. The summed E-state index contributed by atoms with van der Waals surface area (Å²) in [6.45, 7) is 2.10. The van der Waals surface area contributed by atoms with E-state index in [1.807, 2.05) is 0 Å². The molecule has 0 aliphatic carbocycles. The minimum atomic E-state index is -3.03. The fourth-order valence-corrected chi connectivity index (χ4v) is 4.40. The molecule has 2 aliphatic heterocycles. The highest BCUT2D eigenvalue weighted by atomic mass is 32.2. The molecule has 2 N–H and O–H groups in total. The molecule has 19 heavy (non-hydrogen) atoms. The number of amides is 2. The highest BCUT2D eigenvalue weighted by Crippen LogP contribution is 2.24. The lowest BCUT2D eigenvalue weighted by molar-refractivity contribution is -0.142. The van der Waals surface area contributed by atoms with Crippen molar-refractivity contribution in [1.82, 2.24) is 10.2 Å². The third-order valence-electron chi connectivity index (χ3n) is 3.89. The second-order valence-corrected chi connectivity index (χ2v) is 7.45. The molecule has 2 amide bonds. The van der Waals surface area contributed by atoms with Gasteiger partial charge in [-0.1, -0.05) is 0 Å². The predicted molar refractivity (Wildman–Crippen MR) is 67.5 cm³/mol. The molecular formula is C11H18N2O5S. The van der Waals surface area contributed by atoms with Crippen LogP contribution in [0.5, 0.6) is 0 Å². The molecule has 0 aromatic rings. The van der Waals surface area contributed by atoms with Crippen LogP contribution in [0.4, 0.5) is 4.79 Å². The fourth-order valence-electron chi connectivity index (χ4n) is 2.72. The van der Waals surface area contributed by atoms with Crippen molar-refractivity contribution in [2.75, 3.05) is 18.1 Å². The Bertz CT molecular complexity index is 489. The third-order valence-corrected chi connectivity index (χ3v) is 5.66. The predicted octanol–water partition coefficient (Wildman–Crippen LogP) is -0.322. The first-order chi connectivity index (χ1) is 8.80. The smallest absolute Gasteiger partial charge is 0.317 e. The van der Waals surface area contributed by atoms with Gasteiger partial charge in [0.25, 0.3) is 0 Å². The second-order valence-electron chi connectivity index (χ2n) is 5.22. The third kappa shape index (κ3) is 2.99. The molecule has 2 aliphatic rings. The first-order valence-electron chi connectivity index (χ1n) is 6.30. The van der Waals surface area contributed by atoms with E-state index in [0.29, 0.717) is 19.4 Å². The summed E-state index contributed by atoms with van der Waals surface area (Å²) >= 11 is 0. The number of carbonyl (C=O) groups is 2. The summed E-state index contributed by atoms with van der Waals surface area (Å²) < 4.78 is 22.6. The molecule has 3 unspecified atom stereocenters. The van der Waals surface area contributed by atoms with E-state index in [4.69, 9.17) is 5.11 Å². The fraction of sp³-hybridized carbons (Fsp3) is 0.818. The Balaban J connectivity index is 1.93. The van der Waals surface area contributed by atoms with E-state index in [-0.39, 0.29) is 29.6 Å². The van der Waals surface area contributed by atoms with Crippen molar-refractivity contribution in [3.63, 3.8) is 0 Å². The number of nitrogens with zero attached hydrogens (tertiary/aromatic N) is 1. The molecule has 0 bridgehead atoms. The molecule has 0 aromatic heterocycles. The molecule has 7 nitrogen and oxygen atoms in total. The number of urea groups is 1. The van der Waals surface area contributed by atoms with Gasteiger partial charge in [-0.05, 0) is 19.8 Å². The highest BCUT2D eigenvalue weighted by molar-refractivity contribution is 7.91. The molecule has 2 rings (SSSR count). The monoisotopic (exact) mass is 290 g/mol. The van der Waals surface area contributed by atoms with Gasteiger partial charge >= 0.3 is 12.0 Å². The second kappa shape index (κ2) is 4.99. The molecule has 0 spiro atoms. The summed E-state index contributed by atoms with van der Waals surface area (Å²) in [4.78, 5) is 24.5. The number of hydrogen-bond donors (Lipinski definition) is 2. The largest absolute Gasteiger partial charge is 0.481 e. The van der Waals surface area contributed by atoms with Gasteiger partial charge in [-0.25, -0.2) is 13.2 Å². The van der Waals surface area contributed by atoms with Crippen molar-refractivity contribution in [2.45, 2.75) is 31.8 Å². The average Bonchev–Trinajstić information content (AvgIpc) is 2.81. The summed E-state index contributed by atoms with van der Waals surface area (Å²) in [5.74, 6) is -1.36. The van der Waals surface area contributed by atoms with Gasteiger partial charge in [-0.2, -0.15) is 0 Å². The molecule has 108 valence electrons. The summed E-state index contributed by atoms with van der Waals surface area (Å²) in [6.07, 6.45) is 0.867. The SMILES string of the molecule is CC1C(C(=O)O)CCN1C(=O)NC1CCS(=O)(=O)C1. The number of aliphatic carboxylic acids is 1. The van der Waals surface area contributed by atoms with Crippen LogP contribution in [0.15, 0.2) is 0 Å². The zero-order chi connectivity index (χ0) is 14.2. The Labute approximate surface area is 111 Å². The van der Waals surface area contributed by atoms with E-state index in [2.05, 4.69) is 5.32 Å². The van der Waals surface area contributed by atoms with Gasteiger partial charge in [-0.15, -0.1) is 0 Å². The number of rotatable bonds is 2. The number of hydrogen-bond acceptors (Lipinski definition) is 4. The van der Waals surface area contributed by atoms with E-state index in [1.165, 1.54) is 4.90 Å². The number of carboxylic acids is 1. The maximum Gasteiger partial charge on any atom is 0.317 e. The summed E-state index contributed by atoms with van der Waals surface area (Å²) in [5.41, 5.74) is 0. The van der Waals surface area contributed by atoms with Crippen LogP contribution in [-0.4, -0.2) is 60.6 Å². The Morgan fingerprint density at radius 2 is 2.00 bits per heavy atom. The molecule has 8 heteroatoms. The highest BCUT2D eigenvalue weighted by Gasteiger charge is 2.39. The van der Waals surface area contributed by atoms with Crippen LogP contribution in [0.2, 0.25) is 0 Å². The Hall–Kier alpha value is -1.31. The van der Waals surface area contributed by atoms with Gasteiger partial charge in [0.1, 0.15) is 0 Å². The maximum atomic E-state index is 12.0. The van der Waals surface area contributed by atoms with E-state index >= 15 is 0 Å². The molecule has 0 radical (unpaired) electrons. The van der Waals surface area contributed by atoms with Crippen LogP contribution in [0, 0.1) is 5.92 Å². The lowest BCUT2D eigenvalue weighted by Crippen LogP contribution is -2.47. The van der Waals surface area contributed by atoms with Crippen LogP contribution in [0.1, 0.15) is 19.8 Å². The van der Waals surface area contributed by atoms with Gasteiger partial charge in [0.15, 0.2) is 9.84 Å². The summed E-state index contributed by atoms with van der Waals surface area (Å²) in [6, 6.07) is -1.08. The minimum absolute atomic E-state index is 0.0245. The normalized spacial score (nSPS) is 33.3. The lowest BCUT2D eigenvalue weighted by Gasteiger charge is -2.25. The molecule has 2 fully saturated rings. The average molecular weight is 290 g/mol. The van der Waals surface area contributed by atoms with Crippen LogP contribution >= 0.6 is 0 Å². The number of carbonyl (C=O) groups excluding carboxylic acids is 1. The van der Waals surface area contributed by atoms with Crippen LogP contribution < -0.4 is 5.32 Å². The first-order valence-corrected chi connectivity index (χ1v) is 8.12. The van der Waals surface area contributed by atoms with Crippen LogP contribution in [0.25, 0.3) is 0 Å². The number of carboxylic acid groups (broad SMARTS) is 1. The van der Waals surface area contributed by atoms with E-state index in [9.17, 15) is 18.0 Å². The number of likely N-dealkylation sites (tertiary alicyclic amines) is 1. The standard InChI is InChI=1S/C11H18N2O5S/c1-7-9(10(14)15)2-4-13(7)11(16)12-8-3-5-19(17,18)6-8/h7-9H,2-6H2,1H3,(H,12,16)(H,14,15). The van der Waals surface area contributed by atoms with Crippen molar-refractivity contribution in [3.05, 3.63) is 0 Å². The van der Waals surface area contributed by atoms with Gasteiger partial charge in [0.05, 0.1) is 17.4 Å². The van der Waals surface area contributed by atoms with Crippen molar-refractivity contribution in [1.29, 1.82) is 0 Å². The molecule has 2 saturated heterocycles. The summed E-state index contributed by atoms with van der Waals surface area (Å²) in [7, 11) is -3.03. The Kier molecular flexibility index (Phi) is 3.71. The van der Waals surface area contributed by atoms with Gasteiger partial charge in [-0.3, -0.25) is 4.79 Å². The zero-order valence-corrected chi connectivity index (χ0v) is 11.5. The van der Waals surface area contributed by atoms with E-state index < -0.39 is 21.7 Å². The van der Waals surface area contributed by atoms with E-state index in [1.54, 1.807) is 6.92 Å². The van der Waals surface area contributed by atoms with Crippen molar-refractivity contribution < 1.29 is 23.1 Å². The molecule has 2 heterocycles. The quantitative estimate of drug-likeness (QED) is 0.725. The first kappa shape index (κ1) is 14.1. The maximum absolute atomic E-state index is 12.0. The Morgan fingerprint density at radius 1 is 1.32 bits per heavy atom. The molecule has 3 atom stereocenters. The zero-order valence-electron chi connectivity index (χ0n) is 10.7. The Morgan fingerprint density at radius 3 is 2.47 bits per heavy atom. The lowest BCUT2D eigenvalue weighted by atomic mass is 10.0. The molecular weight excluding hydrogens is 272 g/mol. The molecule has 0 saturated carbocycles. The van der Waals surface area contributed by atoms with Crippen molar-refractivity contribution in [3.8, 4) is 0 Å². The van der Waals surface area contributed by atoms with Gasteiger partial charge < -0.3 is 15.3 Å². The van der Waals surface area contributed by atoms with Crippen LogP contribution in [-0.2, 0) is 14.6 Å². The van der Waals surface area contributed by atoms with Crippen LogP contribution in [0.3, 0.4) is 0 Å².